The van der Waals surface area contributed by atoms with E-state index in [1.807, 2.05) is 4.90 Å². The minimum absolute atomic E-state index is 0.0840. The molecular weight excluding hydrogens is 219 g/mol. The number of likely N-dealkylation sites (tertiary alicyclic amines) is 1. The lowest BCUT2D eigenvalue weighted by molar-refractivity contribution is -0.134. The van der Waals surface area contributed by atoms with Gasteiger partial charge in [-0.1, -0.05) is 0 Å². The molecule has 0 aromatic carbocycles. The van der Waals surface area contributed by atoms with Crippen molar-refractivity contribution in [1.82, 2.24) is 10.2 Å². The number of carbonyl (C=O) groups excluding carboxylic acids is 1. The molecule has 2 rings (SSSR count). The molecule has 0 saturated carbocycles. The second-order valence-corrected chi connectivity index (χ2v) is 5.40. The quantitative estimate of drug-likeness (QED) is 0.815. The van der Waals surface area contributed by atoms with Gasteiger partial charge >= 0.3 is 0 Å². The smallest absolute Gasteiger partial charge is 0.222 e. The number of rotatable bonds is 3. The Morgan fingerprint density at radius 2 is 2.00 bits per heavy atom. The number of hydrogen-bond acceptors (Lipinski definition) is 2. The topological polar surface area (TPSA) is 32.3 Å². The molecule has 17 heavy (non-hydrogen) atoms. The molecule has 4 heteroatoms. The normalized spacial score (nSPS) is 27.1. The Labute approximate surface area is 103 Å². The van der Waals surface area contributed by atoms with Gasteiger partial charge in [-0.25, -0.2) is 0 Å². The highest BCUT2D eigenvalue weighted by atomic mass is 19.1. The number of hydrogen-bond donors (Lipinski definition) is 1. The van der Waals surface area contributed by atoms with Crippen LogP contribution in [0.4, 0.5) is 4.39 Å². The Morgan fingerprint density at radius 3 is 2.71 bits per heavy atom. The summed E-state index contributed by atoms with van der Waals surface area (Å²) in [7, 11) is 0. The van der Waals surface area contributed by atoms with Gasteiger partial charge in [0.15, 0.2) is 0 Å². The Morgan fingerprint density at radius 1 is 1.24 bits per heavy atom. The predicted octanol–water partition coefficient (Wildman–Crippen LogP) is 1.58. The lowest BCUT2D eigenvalue weighted by Crippen LogP contribution is -2.42. The lowest BCUT2D eigenvalue weighted by Gasteiger charge is -2.33. The first-order valence-corrected chi connectivity index (χ1v) is 6.84. The van der Waals surface area contributed by atoms with E-state index in [1.165, 1.54) is 0 Å². The highest BCUT2D eigenvalue weighted by Gasteiger charge is 2.25. The maximum absolute atomic E-state index is 12.6. The van der Waals surface area contributed by atoms with Crippen LogP contribution < -0.4 is 5.32 Å². The summed E-state index contributed by atoms with van der Waals surface area (Å²) in [4.78, 5) is 14.0. The SMILES string of the molecule is O=C(CC1CCNCC1)N1CCC[C@H](CF)C1. The maximum atomic E-state index is 12.6. The first-order valence-electron chi connectivity index (χ1n) is 6.84. The van der Waals surface area contributed by atoms with Crippen LogP contribution in [0.25, 0.3) is 0 Å². The predicted molar refractivity (Wildman–Crippen MR) is 65.5 cm³/mol. The molecular formula is C13H23FN2O. The van der Waals surface area contributed by atoms with E-state index >= 15 is 0 Å². The molecule has 0 aliphatic carbocycles. The molecule has 1 amide bonds. The van der Waals surface area contributed by atoms with Crippen molar-refractivity contribution >= 4 is 5.91 Å². The third kappa shape index (κ3) is 3.66. The van der Waals surface area contributed by atoms with Gasteiger partial charge in [0.2, 0.25) is 5.91 Å². The van der Waals surface area contributed by atoms with E-state index in [9.17, 15) is 9.18 Å². The van der Waals surface area contributed by atoms with Crippen molar-refractivity contribution in [2.24, 2.45) is 11.8 Å². The van der Waals surface area contributed by atoms with E-state index in [2.05, 4.69) is 5.32 Å². The molecule has 1 N–H and O–H groups in total. The Kier molecular flexibility index (Phi) is 4.77. The number of nitrogens with zero attached hydrogens (tertiary/aromatic N) is 1. The van der Waals surface area contributed by atoms with Crippen LogP contribution in [-0.4, -0.2) is 43.7 Å². The number of carbonyl (C=O) groups is 1. The summed E-state index contributed by atoms with van der Waals surface area (Å²) >= 11 is 0. The van der Waals surface area contributed by atoms with Crippen LogP contribution in [0.15, 0.2) is 0 Å². The van der Waals surface area contributed by atoms with Gasteiger partial charge in [0.1, 0.15) is 0 Å². The number of amides is 1. The minimum Gasteiger partial charge on any atom is -0.342 e. The van der Waals surface area contributed by atoms with E-state index in [4.69, 9.17) is 0 Å². The number of nitrogens with one attached hydrogen (secondary N) is 1. The van der Waals surface area contributed by atoms with Gasteiger partial charge in [0, 0.05) is 25.4 Å². The fraction of sp³-hybridized carbons (Fsp3) is 0.923. The standard InChI is InChI=1S/C13H23FN2O/c14-9-12-2-1-7-16(10-12)13(17)8-11-3-5-15-6-4-11/h11-12,15H,1-10H2/t12-/m1/s1. The van der Waals surface area contributed by atoms with Crippen molar-refractivity contribution in [2.75, 3.05) is 32.9 Å². The van der Waals surface area contributed by atoms with Crippen molar-refractivity contribution in [3.05, 3.63) is 0 Å². The molecule has 0 radical (unpaired) electrons. The summed E-state index contributed by atoms with van der Waals surface area (Å²) in [6, 6.07) is 0. The van der Waals surface area contributed by atoms with Crippen LogP contribution >= 0.6 is 0 Å². The molecule has 0 aromatic rings. The van der Waals surface area contributed by atoms with Crippen molar-refractivity contribution in [1.29, 1.82) is 0 Å². The summed E-state index contributed by atoms with van der Waals surface area (Å²) in [6.07, 6.45) is 4.78. The fourth-order valence-corrected chi connectivity index (χ4v) is 2.88. The van der Waals surface area contributed by atoms with Crippen molar-refractivity contribution in [3.63, 3.8) is 0 Å². The van der Waals surface area contributed by atoms with Gasteiger partial charge in [-0.3, -0.25) is 9.18 Å². The molecule has 0 bridgehead atoms. The third-order valence-corrected chi connectivity index (χ3v) is 4.01. The second kappa shape index (κ2) is 6.34. The minimum atomic E-state index is -0.281. The van der Waals surface area contributed by atoms with Crippen LogP contribution in [0.5, 0.6) is 0 Å². The molecule has 0 aromatic heterocycles. The van der Waals surface area contributed by atoms with E-state index in [1.54, 1.807) is 0 Å². The van der Waals surface area contributed by atoms with E-state index in [0.29, 0.717) is 18.9 Å². The number of halogens is 1. The molecule has 2 aliphatic rings. The largest absolute Gasteiger partial charge is 0.342 e. The average Bonchev–Trinajstić information content (AvgIpc) is 2.40. The second-order valence-electron chi connectivity index (χ2n) is 5.40. The summed E-state index contributed by atoms with van der Waals surface area (Å²) < 4.78 is 12.6. The molecule has 2 fully saturated rings. The highest BCUT2D eigenvalue weighted by molar-refractivity contribution is 5.76. The van der Waals surface area contributed by atoms with Gasteiger partial charge in [0.05, 0.1) is 6.67 Å². The monoisotopic (exact) mass is 242 g/mol. The average molecular weight is 242 g/mol. The Balaban J connectivity index is 1.78. The van der Waals surface area contributed by atoms with E-state index in [-0.39, 0.29) is 18.5 Å². The fourth-order valence-electron chi connectivity index (χ4n) is 2.88. The van der Waals surface area contributed by atoms with Gasteiger partial charge in [0.25, 0.3) is 0 Å². The Hall–Kier alpha value is -0.640. The maximum Gasteiger partial charge on any atom is 0.222 e. The Bertz CT molecular complexity index is 254. The third-order valence-electron chi connectivity index (χ3n) is 4.01. The van der Waals surface area contributed by atoms with Crippen LogP contribution in [-0.2, 0) is 4.79 Å². The van der Waals surface area contributed by atoms with Gasteiger partial charge in [-0.2, -0.15) is 0 Å². The zero-order valence-electron chi connectivity index (χ0n) is 10.5. The van der Waals surface area contributed by atoms with Crippen LogP contribution in [0, 0.1) is 11.8 Å². The van der Waals surface area contributed by atoms with Crippen LogP contribution in [0.1, 0.15) is 32.1 Å². The van der Waals surface area contributed by atoms with Gasteiger partial charge in [-0.05, 0) is 44.7 Å². The van der Waals surface area contributed by atoms with Crippen molar-refractivity contribution in [3.8, 4) is 0 Å². The van der Waals surface area contributed by atoms with Gasteiger partial charge < -0.3 is 10.2 Å². The zero-order valence-corrected chi connectivity index (χ0v) is 10.5. The van der Waals surface area contributed by atoms with Crippen LogP contribution in [0.2, 0.25) is 0 Å². The highest BCUT2D eigenvalue weighted by Crippen LogP contribution is 2.21. The summed E-state index contributed by atoms with van der Waals surface area (Å²) in [5.74, 6) is 0.866. The van der Waals surface area contributed by atoms with E-state index < -0.39 is 0 Å². The molecule has 1 atom stereocenters. The molecule has 3 nitrogen and oxygen atoms in total. The summed E-state index contributed by atoms with van der Waals surface area (Å²) in [5.41, 5.74) is 0. The summed E-state index contributed by atoms with van der Waals surface area (Å²) in [5, 5.41) is 3.31. The van der Waals surface area contributed by atoms with E-state index in [0.717, 1.165) is 45.3 Å². The number of piperidine rings is 2. The lowest BCUT2D eigenvalue weighted by atomic mass is 9.93. The summed E-state index contributed by atoms with van der Waals surface area (Å²) in [6.45, 7) is 3.26. The van der Waals surface area contributed by atoms with Crippen LogP contribution in [0.3, 0.4) is 0 Å². The zero-order chi connectivity index (χ0) is 12.1. The number of alkyl halides is 1. The molecule has 0 unspecified atom stereocenters. The van der Waals surface area contributed by atoms with Crippen molar-refractivity contribution in [2.45, 2.75) is 32.1 Å². The molecule has 0 spiro atoms. The molecule has 2 aliphatic heterocycles. The molecule has 2 heterocycles. The van der Waals surface area contributed by atoms with Gasteiger partial charge in [-0.15, -0.1) is 0 Å². The first-order chi connectivity index (χ1) is 8.29. The molecule has 98 valence electrons. The van der Waals surface area contributed by atoms with Crippen molar-refractivity contribution < 1.29 is 9.18 Å². The first kappa shape index (κ1) is 12.8. The molecule has 2 saturated heterocycles.